The molecule has 1 fully saturated rings. The van der Waals surface area contributed by atoms with Crippen LogP contribution in [-0.4, -0.2) is 58.2 Å². The Morgan fingerprint density at radius 3 is 2.43 bits per heavy atom. The zero-order valence-electron chi connectivity index (χ0n) is 17.9. The monoisotopic (exact) mass is 423 g/mol. The van der Waals surface area contributed by atoms with Crippen molar-refractivity contribution in [3.63, 3.8) is 0 Å². The summed E-state index contributed by atoms with van der Waals surface area (Å²) in [5, 5.41) is 9.86. The molecule has 1 N–H and O–H groups in total. The average Bonchev–Trinajstić information content (AvgIpc) is 3.36. The van der Waals surface area contributed by atoms with Gasteiger partial charge in [-0.15, -0.1) is 11.3 Å². The largest absolute Gasteiger partial charge is 0.324 e. The summed E-state index contributed by atoms with van der Waals surface area (Å²) in [5.41, 5.74) is 5.50. The van der Waals surface area contributed by atoms with Crippen molar-refractivity contribution in [3.05, 3.63) is 58.6 Å². The van der Waals surface area contributed by atoms with Crippen molar-refractivity contribution < 1.29 is 4.79 Å². The molecule has 0 unspecified atom stereocenters. The highest BCUT2D eigenvalue weighted by molar-refractivity contribution is 7.13. The number of carbonyl (C=O) groups excluding carboxylic acids is 1. The van der Waals surface area contributed by atoms with Crippen LogP contribution in [0, 0.1) is 13.8 Å². The van der Waals surface area contributed by atoms with Gasteiger partial charge in [-0.25, -0.2) is 0 Å². The van der Waals surface area contributed by atoms with E-state index >= 15 is 0 Å². The molecule has 6 nitrogen and oxygen atoms in total. The number of anilines is 1. The predicted octanol–water partition coefficient (Wildman–Crippen LogP) is 3.52. The molecule has 1 aromatic carbocycles. The zero-order valence-corrected chi connectivity index (χ0v) is 18.7. The number of amides is 1. The van der Waals surface area contributed by atoms with E-state index in [-0.39, 0.29) is 5.91 Å². The molecule has 1 aliphatic heterocycles. The van der Waals surface area contributed by atoms with Crippen molar-refractivity contribution in [2.24, 2.45) is 7.05 Å². The molecule has 0 spiro atoms. The van der Waals surface area contributed by atoms with E-state index in [1.807, 2.05) is 43.8 Å². The van der Waals surface area contributed by atoms with Gasteiger partial charge in [-0.2, -0.15) is 5.10 Å². The van der Waals surface area contributed by atoms with Gasteiger partial charge in [0, 0.05) is 57.2 Å². The third-order valence-corrected chi connectivity index (χ3v) is 6.51. The lowest BCUT2D eigenvalue weighted by Gasteiger charge is -2.34. The van der Waals surface area contributed by atoms with E-state index in [9.17, 15) is 4.79 Å². The van der Waals surface area contributed by atoms with Crippen molar-refractivity contribution in [2.75, 3.05) is 38.0 Å². The molecule has 0 radical (unpaired) electrons. The Balaban J connectivity index is 1.30. The number of piperazine rings is 1. The van der Waals surface area contributed by atoms with Gasteiger partial charge in [0.2, 0.25) is 5.91 Å². The third-order valence-electron chi connectivity index (χ3n) is 5.63. The molecule has 0 aliphatic carbocycles. The summed E-state index contributed by atoms with van der Waals surface area (Å²) in [6.07, 6.45) is 2.12. The van der Waals surface area contributed by atoms with Crippen LogP contribution in [0.1, 0.15) is 16.7 Å². The third kappa shape index (κ3) is 4.80. The maximum Gasteiger partial charge on any atom is 0.238 e. The van der Waals surface area contributed by atoms with Crippen molar-refractivity contribution in [2.45, 2.75) is 20.4 Å². The normalized spacial score (nSPS) is 15.4. The highest BCUT2D eigenvalue weighted by Crippen LogP contribution is 2.27. The Morgan fingerprint density at radius 1 is 1.07 bits per heavy atom. The number of hydrogen-bond donors (Lipinski definition) is 1. The van der Waals surface area contributed by atoms with Crippen LogP contribution in [0.15, 0.2) is 41.9 Å². The topological polar surface area (TPSA) is 53.4 Å². The Morgan fingerprint density at radius 2 is 1.77 bits per heavy atom. The van der Waals surface area contributed by atoms with E-state index in [4.69, 9.17) is 0 Å². The van der Waals surface area contributed by atoms with E-state index in [1.54, 1.807) is 11.3 Å². The molecule has 4 rings (SSSR count). The van der Waals surface area contributed by atoms with Gasteiger partial charge in [0.1, 0.15) is 5.69 Å². The van der Waals surface area contributed by atoms with Gasteiger partial charge in [-0.05, 0) is 36.4 Å². The molecule has 0 bridgehead atoms. The summed E-state index contributed by atoms with van der Waals surface area (Å²) in [4.78, 5) is 18.5. The molecule has 0 saturated carbocycles. The number of rotatable bonds is 6. The van der Waals surface area contributed by atoms with Crippen LogP contribution in [0.5, 0.6) is 0 Å². The van der Waals surface area contributed by atoms with E-state index in [2.05, 4.69) is 43.9 Å². The number of hydrogen-bond acceptors (Lipinski definition) is 5. The highest BCUT2D eigenvalue weighted by Gasteiger charge is 2.21. The summed E-state index contributed by atoms with van der Waals surface area (Å²) >= 11 is 1.73. The molecule has 3 heterocycles. The second kappa shape index (κ2) is 9.12. The standard InChI is InChI=1S/C23H29N5OS/c1-17-6-4-7-18(2)22(17)24-21(29)16-28-11-9-27(10-12-28)15-19-14-26(3)25-23(19)20-8-5-13-30-20/h4-8,13-14H,9-12,15-16H2,1-3H3,(H,24,29). The Bertz CT molecular complexity index is 983. The first-order valence-corrected chi connectivity index (χ1v) is 11.2. The molecular weight excluding hydrogens is 394 g/mol. The number of thiophene rings is 1. The lowest BCUT2D eigenvalue weighted by atomic mass is 10.1. The fraction of sp³-hybridized carbons (Fsp3) is 0.391. The first kappa shape index (κ1) is 20.8. The molecule has 3 aromatic rings. The highest BCUT2D eigenvalue weighted by atomic mass is 32.1. The van der Waals surface area contributed by atoms with Crippen LogP contribution in [0.3, 0.4) is 0 Å². The number of benzene rings is 1. The van der Waals surface area contributed by atoms with E-state index in [0.29, 0.717) is 6.54 Å². The smallest absolute Gasteiger partial charge is 0.238 e. The Hall–Kier alpha value is -2.48. The van der Waals surface area contributed by atoms with Gasteiger partial charge in [0.05, 0.1) is 11.4 Å². The molecule has 7 heteroatoms. The molecular formula is C23H29N5OS. The molecule has 1 amide bonds. The van der Waals surface area contributed by atoms with E-state index in [0.717, 1.165) is 55.2 Å². The zero-order chi connectivity index (χ0) is 21.1. The number of carbonyl (C=O) groups is 1. The second-order valence-electron chi connectivity index (χ2n) is 8.02. The van der Waals surface area contributed by atoms with Gasteiger partial charge in [0.25, 0.3) is 0 Å². The Labute approximate surface area is 182 Å². The lowest BCUT2D eigenvalue weighted by Crippen LogP contribution is -2.48. The van der Waals surface area contributed by atoms with Crippen LogP contribution in [-0.2, 0) is 18.4 Å². The minimum Gasteiger partial charge on any atom is -0.324 e. The minimum atomic E-state index is 0.0630. The molecule has 2 aromatic heterocycles. The fourth-order valence-electron chi connectivity index (χ4n) is 4.01. The van der Waals surface area contributed by atoms with Crippen molar-refractivity contribution >= 4 is 22.9 Å². The summed E-state index contributed by atoms with van der Waals surface area (Å²) in [7, 11) is 1.98. The van der Waals surface area contributed by atoms with Crippen LogP contribution < -0.4 is 5.32 Å². The van der Waals surface area contributed by atoms with Crippen molar-refractivity contribution in [1.82, 2.24) is 19.6 Å². The van der Waals surface area contributed by atoms with Gasteiger partial charge in [-0.1, -0.05) is 24.3 Å². The number of para-hydroxylation sites is 1. The SMILES string of the molecule is Cc1cccc(C)c1NC(=O)CN1CCN(Cc2cn(C)nc2-c2cccs2)CC1. The van der Waals surface area contributed by atoms with Gasteiger partial charge < -0.3 is 5.32 Å². The van der Waals surface area contributed by atoms with Gasteiger partial charge >= 0.3 is 0 Å². The summed E-state index contributed by atoms with van der Waals surface area (Å²) in [6, 6.07) is 10.3. The minimum absolute atomic E-state index is 0.0630. The van der Waals surface area contributed by atoms with Crippen molar-refractivity contribution in [1.29, 1.82) is 0 Å². The van der Waals surface area contributed by atoms with Crippen LogP contribution in [0.2, 0.25) is 0 Å². The average molecular weight is 424 g/mol. The number of nitrogens with zero attached hydrogens (tertiary/aromatic N) is 4. The predicted molar refractivity (Wildman–Crippen MR) is 123 cm³/mol. The molecule has 1 saturated heterocycles. The van der Waals surface area contributed by atoms with Crippen molar-refractivity contribution in [3.8, 4) is 10.6 Å². The first-order chi connectivity index (χ1) is 14.5. The fourth-order valence-corrected chi connectivity index (χ4v) is 4.76. The lowest BCUT2D eigenvalue weighted by molar-refractivity contribution is -0.117. The number of nitrogens with one attached hydrogen (secondary N) is 1. The molecule has 30 heavy (non-hydrogen) atoms. The summed E-state index contributed by atoms with van der Waals surface area (Å²) < 4.78 is 1.90. The summed E-state index contributed by atoms with van der Waals surface area (Å²) in [5.74, 6) is 0.0630. The van der Waals surface area contributed by atoms with Gasteiger partial charge in [-0.3, -0.25) is 19.3 Å². The first-order valence-electron chi connectivity index (χ1n) is 10.4. The van der Waals surface area contributed by atoms with E-state index < -0.39 is 0 Å². The molecule has 158 valence electrons. The maximum absolute atomic E-state index is 12.6. The van der Waals surface area contributed by atoms with Gasteiger partial charge in [0.15, 0.2) is 0 Å². The Kier molecular flexibility index (Phi) is 6.32. The summed E-state index contributed by atoms with van der Waals surface area (Å²) in [6.45, 7) is 9.10. The number of aryl methyl sites for hydroxylation is 3. The molecule has 0 atom stereocenters. The van der Waals surface area contributed by atoms with E-state index in [1.165, 1.54) is 10.4 Å². The van der Waals surface area contributed by atoms with Crippen LogP contribution >= 0.6 is 11.3 Å². The number of aromatic nitrogens is 2. The maximum atomic E-state index is 12.6. The quantitative estimate of drug-likeness (QED) is 0.659. The van der Waals surface area contributed by atoms with Crippen LogP contribution in [0.25, 0.3) is 10.6 Å². The second-order valence-corrected chi connectivity index (χ2v) is 8.97. The molecule has 1 aliphatic rings. The van der Waals surface area contributed by atoms with Crippen LogP contribution in [0.4, 0.5) is 5.69 Å².